The van der Waals surface area contributed by atoms with E-state index in [-0.39, 0.29) is 165 Å². The van der Waals surface area contributed by atoms with Crippen molar-refractivity contribution in [2.24, 2.45) is 0 Å². The first-order chi connectivity index (χ1) is 0. The van der Waals surface area contributed by atoms with Gasteiger partial charge in [0.25, 0.3) is 0 Å². The predicted molar refractivity (Wildman–Crippen MR) is 30.0 cm³/mol. The predicted octanol–water partition coefficient (Wildman–Crippen LogP) is -2.83. The van der Waals surface area contributed by atoms with Crippen LogP contribution < -0.4 is 0 Å². The topological polar surface area (TPSA) is 57.0 Å². The summed E-state index contributed by atoms with van der Waals surface area (Å²) in [6, 6.07) is 0. The van der Waals surface area contributed by atoms with E-state index in [4.69, 9.17) is 0 Å². The van der Waals surface area contributed by atoms with Crippen LogP contribution in [0.4, 0.5) is 0 Å². The average molecular weight is 643 g/mol. The van der Waals surface area contributed by atoms with Crippen LogP contribution in [-0.2, 0) is 28.0 Å². The second-order valence-corrected chi connectivity index (χ2v) is 0. The fourth-order valence-corrected chi connectivity index (χ4v) is 0. The Hall–Kier alpha value is 4.98. The third kappa shape index (κ3) is 35.7. The molecule has 0 amide bonds. The zero-order valence-electron chi connectivity index (χ0n) is 2.07. The van der Waals surface area contributed by atoms with Crippen LogP contribution in [0.25, 0.3) is 0 Å². The van der Waals surface area contributed by atoms with Gasteiger partial charge in [0.05, 0.1) is 0 Å². The van der Waals surface area contributed by atoms with E-state index in [2.05, 4.69) is 0 Å². The van der Waals surface area contributed by atoms with Gasteiger partial charge in [0, 0.05) is 26.2 Å². The van der Waals surface area contributed by atoms with Crippen molar-refractivity contribution in [3.63, 3.8) is 0 Å². The van der Waals surface area contributed by atoms with Crippen LogP contribution in [0.15, 0.2) is 0 Å². The van der Waals surface area contributed by atoms with E-state index in [9.17, 15) is 0 Å². The molecule has 0 aromatic rings. The van der Waals surface area contributed by atoms with Gasteiger partial charge in [-0.15, -0.1) is 0 Å². The molecule has 0 saturated carbocycles. The average Bonchev–Trinajstić information content (AvgIpc) is 0. The SMILES string of the molecule is [Bi].[CaH2].[Cu+2].[O-2].[O-2].[Pb+2].[SrH2]. The number of rotatable bonds is 0. The van der Waals surface area contributed by atoms with Gasteiger partial charge in [-0.05, 0) is 0 Å². The van der Waals surface area contributed by atoms with Crippen molar-refractivity contribution in [2.75, 3.05) is 0 Å². The second kappa shape index (κ2) is 44.1. The first kappa shape index (κ1) is 58.2. The summed E-state index contributed by atoms with van der Waals surface area (Å²) in [5.74, 6) is 0. The number of hydrogen-bond donors (Lipinski definition) is 0. The van der Waals surface area contributed by atoms with Crippen molar-refractivity contribution in [1.29, 1.82) is 0 Å². The molecule has 0 N–H and O–H groups in total. The molecule has 0 heterocycles. The Balaban J connectivity index is 0. The van der Waals surface area contributed by atoms with Gasteiger partial charge in [0.15, 0.2) is 0 Å². The molecular formula is H4BiCaCuO2PbSr. The maximum absolute atomic E-state index is 0. The van der Waals surface area contributed by atoms with E-state index in [1.165, 1.54) is 0 Å². The molecule has 40 valence electrons. The van der Waals surface area contributed by atoms with Crippen LogP contribution in [0.1, 0.15) is 0 Å². The van der Waals surface area contributed by atoms with Crippen molar-refractivity contribution < 1.29 is 28.0 Å². The van der Waals surface area contributed by atoms with Crippen molar-refractivity contribution in [1.82, 2.24) is 0 Å². The zero-order valence-corrected chi connectivity index (χ0v) is 10.4. The fourth-order valence-electron chi connectivity index (χ4n) is 0. The standard InChI is InChI=1S/Bi.Ca.Cu.2O.Pb.Sr.4H/q;;+2;2*-2;+2;;;;;. The summed E-state index contributed by atoms with van der Waals surface area (Å²) in [4.78, 5) is 0. The molecule has 2 nitrogen and oxygen atoms in total. The van der Waals surface area contributed by atoms with Crippen LogP contribution in [0, 0.1) is 0 Å². The minimum absolute atomic E-state index is 0. The van der Waals surface area contributed by atoms with E-state index >= 15 is 0 Å². The molecule has 0 aliphatic carbocycles. The quantitative estimate of drug-likeness (QED) is 0.256. The second-order valence-electron chi connectivity index (χ2n) is 0. The van der Waals surface area contributed by atoms with Gasteiger partial charge in [0.1, 0.15) is 0 Å². The van der Waals surface area contributed by atoms with Crippen molar-refractivity contribution in [3.8, 4) is 0 Å². The summed E-state index contributed by atoms with van der Waals surface area (Å²) < 4.78 is 0. The van der Waals surface area contributed by atoms with Crippen LogP contribution in [0.3, 0.4) is 0 Å². The number of hydrogen-bond acceptors (Lipinski definition) is 0. The maximum atomic E-state index is 0. The Morgan fingerprint density at radius 1 is 0.857 bits per heavy atom. The molecule has 6 radical (unpaired) electrons. The zero-order chi connectivity index (χ0) is 0. The van der Waals surface area contributed by atoms with Gasteiger partial charge in [-0.3, -0.25) is 0 Å². The Labute approximate surface area is 160 Å². The van der Waals surface area contributed by atoms with Gasteiger partial charge in [0.2, 0.25) is 0 Å². The van der Waals surface area contributed by atoms with Crippen LogP contribution in [-0.4, -0.2) is 137 Å². The Morgan fingerprint density at radius 3 is 0.857 bits per heavy atom. The summed E-state index contributed by atoms with van der Waals surface area (Å²) in [5, 5.41) is 0. The van der Waals surface area contributed by atoms with Gasteiger partial charge < -0.3 is 11.0 Å². The Morgan fingerprint density at radius 2 is 0.857 bits per heavy atom. The molecule has 0 fully saturated rings. The first-order valence-corrected chi connectivity index (χ1v) is 0. The van der Waals surface area contributed by atoms with E-state index in [1.54, 1.807) is 0 Å². The van der Waals surface area contributed by atoms with E-state index < -0.39 is 0 Å². The summed E-state index contributed by atoms with van der Waals surface area (Å²) in [7, 11) is 0. The van der Waals surface area contributed by atoms with Crippen LogP contribution in [0.5, 0.6) is 0 Å². The molecule has 0 aliphatic rings. The molecule has 0 unspecified atom stereocenters. The van der Waals surface area contributed by atoms with Crippen LogP contribution in [0.2, 0.25) is 0 Å². The van der Waals surface area contributed by atoms with Gasteiger partial charge >= 0.3 is 128 Å². The molecule has 0 aromatic heterocycles. The summed E-state index contributed by atoms with van der Waals surface area (Å²) in [6.45, 7) is 0. The Kier molecular flexibility index (Phi) is 366. The third-order valence-electron chi connectivity index (χ3n) is 0. The molecule has 0 atom stereocenters. The van der Waals surface area contributed by atoms with E-state index in [0.29, 0.717) is 0 Å². The summed E-state index contributed by atoms with van der Waals surface area (Å²) >= 11 is 0. The molecule has 0 aromatic carbocycles. The van der Waals surface area contributed by atoms with Crippen molar-refractivity contribution in [3.05, 3.63) is 0 Å². The molecule has 0 rings (SSSR count). The third-order valence-corrected chi connectivity index (χ3v) is 0. The van der Waals surface area contributed by atoms with E-state index in [1.807, 2.05) is 0 Å². The molecule has 7 heavy (non-hydrogen) atoms. The molecule has 0 spiro atoms. The molecule has 0 bridgehead atoms. The van der Waals surface area contributed by atoms with Gasteiger partial charge in [-0.2, -0.15) is 0 Å². The molecular weight excluding hydrogens is 639 g/mol. The molecule has 0 aliphatic heterocycles. The molecule has 0 saturated heterocycles. The fraction of sp³-hybridized carbons (Fsp3) is 0. The first-order valence-electron chi connectivity index (χ1n) is 0. The summed E-state index contributed by atoms with van der Waals surface area (Å²) in [5.41, 5.74) is 0. The van der Waals surface area contributed by atoms with E-state index in [0.717, 1.165) is 0 Å². The minimum atomic E-state index is 0. The summed E-state index contributed by atoms with van der Waals surface area (Å²) in [6.07, 6.45) is 0. The normalized spacial score (nSPS) is 0. The molecule has 7 heteroatoms. The van der Waals surface area contributed by atoms with Gasteiger partial charge in [-0.1, -0.05) is 0 Å². The van der Waals surface area contributed by atoms with Crippen molar-refractivity contribution in [2.45, 2.75) is 0 Å². The van der Waals surface area contributed by atoms with Crippen molar-refractivity contribution >= 4 is 137 Å². The Bertz CT molecular complexity index is 17.7. The monoisotopic (exact) mass is 644 g/mol. The van der Waals surface area contributed by atoms with Gasteiger partial charge in [-0.25, -0.2) is 0 Å². The van der Waals surface area contributed by atoms with Crippen LogP contribution >= 0.6 is 0 Å².